The molecule has 108 valence electrons. The van der Waals surface area contributed by atoms with Crippen LogP contribution >= 0.6 is 37.4 Å². The maximum atomic E-state index is 12.2. The Bertz CT molecular complexity index is 618. The molecular weight excluding hydrogens is 411 g/mol. The molecule has 1 aromatic carbocycles. The van der Waals surface area contributed by atoms with Crippen LogP contribution in [-0.4, -0.2) is 11.6 Å². The van der Waals surface area contributed by atoms with Crippen molar-refractivity contribution in [3.05, 3.63) is 46.2 Å². The molecular formula is C13H13Br2O4P. The van der Waals surface area contributed by atoms with Gasteiger partial charge in [0, 0.05) is 0 Å². The SMILES string of the molecule is CC1(C)OP2(Br)(C=C1Br)OC(=O)C(c1ccccc1)O2. The molecule has 1 saturated heterocycles. The monoisotopic (exact) mass is 422 g/mol. The van der Waals surface area contributed by atoms with Gasteiger partial charge >= 0.3 is 133 Å². The van der Waals surface area contributed by atoms with Gasteiger partial charge in [-0.25, -0.2) is 0 Å². The molecule has 1 aromatic rings. The second-order valence-electron chi connectivity index (χ2n) is 5.23. The molecule has 3 rings (SSSR count). The molecule has 2 aliphatic rings. The van der Waals surface area contributed by atoms with E-state index >= 15 is 0 Å². The quantitative estimate of drug-likeness (QED) is 0.599. The van der Waals surface area contributed by atoms with E-state index in [0.29, 0.717) is 0 Å². The molecule has 2 heterocycles. The van der Waals surface area contributed by atoms with Crippen molar-refractivity contribution in [3.63, 3.8) is 0 Å². The van der Waals surface area contributed by atoms with Gasteiger partial charge in [-0.2, -0.15) is 0 Å². The zero-order chi connectivity index (χ0) is 14.6. The molecule has 0 amide bonds. The van der Waals surface area contributed by atoms with Crippen LogP contribution in [0.3, 0.4) is 0 Å². The summed E-state index contributed by atoms with van der Waals surface area (Å²) in [5.41, 5.74) is 0.143. The van der Waals surface area contributed by atoms with Crippen LogP contribution in [0.5, 0.6) is 0 Å². The number of halogens is 2. The first-order chi connectivity index (χ1) is 9.22. The normalized spacial score (nSPS) is 31.4. The molecule has 4 nitrogen and oxygen atoms in total. The third-order valence-corrected chi connectivity index (χ3v) is 9.21. The Hall–Kier alpha value is -0.260. The Labute approximate surface area is 133 Å². The van der Waals surface area contributed by atoms with E-state index in [9.17, 15) is 4.79 Å². The van der Waals surface area contributed by atoms with Crippen molar-refractivity contribution in [2.45, 2.75) is 25.6 Å². The Kier molecular flexibility index (Phi) is 3.20. The summed E-state index contributed by atoms with van der Waals surface area (Å²) in [5, 5.41) is 0. The number of rotatable bonds is 1. The average Bonchev–Trinajstić information content (AvgIpc) is 2.71. The Balaban J connectivity index is 1.99. The second kappa shape index (κ2) is 4.37. The van der Waals surface area contributed by atoms with E-state index in [2.05, 4.69) is 31.4 Å². The fourth-order valence-electron chi connectivity index (χ4n) is 2.19. The Morgan fingerprint density at radius 2 is 1.90 bits per heavy atom. The third-order valence-electron chi connectivity index (χ3n) is 3.15. The first-order valence-corrected chi connectivity index (χ1v) is 10.9. The van der Waals surface area contributed by atoms with Gasteiger partial charge in [0.15, 0.2) is 0 Å². The van der Waals surface area contributed by atoms with Gasteiger partial charge in [-0.05, 0) is 0 Å². The molecule has 0 N–H and O–H groups in total. The van der Waals surface area contributed by atoms with Gasteiger partial charge in [0.05, 0.1) is 0 Å². The zero-order valence-electron chi connectivity index (χ0n) is 10.9. The molecule has 1 atom stereocenters. The fourth-order valence-corrected chi connectivity index (χ4v) is 9.78. The zero-order valence-corrected chi connectivity index (χ0v) is 14.9. The standard InChI is InChI=1S/C13H13Br2O4P/c1-13(2)10(14)8-20(15,19-13)17-11(12(16)18-20)9-6-4-3-5-7-9/h3-8,11H,1-2H3. The summed E-state index contributed by atoms with van der Waals surface area (Å²) in [6.45, 7) is 3.76. The van der Waals surface area contributed by atoms with E-state index in [0.717, 1.165) is 10.0 Å². The second-order valence-corrected chi connectivity index (χ2v) is 12.4. The molecule has 7 heteroatoms. The number of hydrogen-bond acceptors (Lipinski definition) is 4. The number of hydrogen-bond donors (Lipinski definition) is 0. The van der Waals surface area contributed by atoms with Crippen LogP contribution in [0.25, 0.3) is 0 Å². The Morgan fingerprint density at radius 1 is 1.25 bits per heavy atom. The predicted molar refractivity (Wildman–Crippen MR) is 84.4 cm³/mol. The molecule has 0 aromatic heterocycles. The van der Waals surface area contributed by atoms with Crippen molar-refractivity contribution in [2.24, 2.45) is 0 Å². The fraction of sp³-hybridized carbons (Fsp3) is 0.308. The van der Waals surface area contributed by atoms with Crippen LogP contribution < -0.4 is 0 Å². The van der Waals surface area contributed by atoms with Crippen LogP contribution in [-0.2, 0) is 18.4 Å². The van der Waals surface area contributed by atoms with E-state index in [1.54, 1.807) is 5.82 Å². The van der Waals surface area contributed by atoms with Gasteiger partial charge in [0.1, 0.15) is 0 Å². The van der Waals surface area contributed by atoms with Crippen molar-refractivity contribution in [1.29, 1.82) is 0 Å². The third kappa shape index (κ3) is 2.28. The molecule has 1 fully saturated rings. The molecule has 0 aliphatic carbocycles. The van der Waals surface area contributed by atoms with Gasteiger partial charge in [0.2, 0.25) is 0 Å². The minimum absolute atomic E-state index is 0.444. The molecule has 2 aliphatic heterocycles. The molecule has 20 heavy (non-hydrogen) atoms. The summed E-state index contributed by atoms with van der Waals surface area (Å²) in [6.07, 6.45) is -0.779. The van der Waals surface area contributed by atoms with E-state index in [-0.39, 0.29) is 0 Å². The van der Waals surface area contributed by atoms with Crippen molar-refractivity contribution < 1.29 is 18.4 Å². The number of carbonyl (C=O) groups excluding carboxylic acids is 1. The van der Waals surface area contributed by atoms with Gasteiger partial charge in [0.25, 0.3) is 0 Å². The van der Waals surface area contributed by atoms with Crippen LogP contribution in [0.1, 0.15) is 25.5 Å². The average molecular weight is 424 g/mol. The first kappa shape index (κ1) is 14.7. The molecule has 0 radical (unpaired) electrons. The van der Waals surface area contributed by atoms with Crippen molar-refractivity contribution in [3.8, 4) is 0 Å². The number of carbonyl (C=O) groups is 1. The van der Waals surface area contributed by atoms with E-state index in [4.69, 9.17) is 13.6 Å². The van der Waals surface area contributed by atoms with E-state index in [1.165, 1.54) is 0 Å². The van der Waals surface area contributed by atoms with E-state index in [1.807, 2.05) is 44.2 Å². The predicted octanol–water partition coefficient (Wildman–Crippen LogP) is 4.95. The van der Waals surface area contributed by atoms with Crippen LogP contribution in [0, 0.1) is 0 Å². The number of benzene rings is 1. The summed E-state index contributed by atoms with van der Waals surface area (Å²) >= 11 is 6.89. The van der Waals surface area contributed by atoms with Crippen LogP contribution in [0.15, 0.2) is 40.6 Å². The minimum atomic E-state index is -3.71. The molecule has 1 spiro atoms. The molecule has 0 saturated carbocycles. The molecule has 1 unspecified atom stereocenters. The Morgan fingerprint density at radius 3 is 2.45 bits per heavy atom. The van der Waals surface area contributed by atoms with Crippen molar-refractivity contribution >= 4 is 43.4 Å². The summed E-state index contributed by atoms with van der Waals surface area (Å²) in [6, 6.07) is 9.24. The topological polar surface area (TPSA) is 44.8 Å². The van der Waals surface area contributed by atoms with Gasteiger partial charge in [-0.3, -0.25) is 0 Å². The maximum absolute atomic E-state index is 12.2. The molecule has 0 bridgehead atoms. The van der Waals surface area contributed by atoms with Gasteiger partial charge in [-0.1, -0.05) is 0 Å². The van der Waals surface area contributed by atoms with Gasteiger partial charge in [-0.15, -0.1) is 0 Å². The summed E-state index contributed by atoms with van der Waals surface area (Å²) in [4.78, 5) is 12.2. The van der Waals surface area contributed by atoms with Crippen LogP contribution in [0.2, 0.25) is 0 Å². The van der Waals surface area contributed by atoms with E-state index < -0.39 is 23.7 Å². The van der Waals surface area contributed by atoms with Gasteiger partial charge < -0.3 is 0 Å². The summed E-state index contributed by atoms with van der Waals surface area (Å²) in [7, 11) is 0. The van der Waals surface area contributed by atoms with Crippen molar-refractivity contribution in [2.75, 3.05) is 0 Å². The summed E-state index contributed by atoms with van der Waals surface area (Å²) in [5.74, 6) is -2.44. The van der Waals surface area contributed by atoms with Crippen LogP contribution in [0.4, 0.5) is 0 Å². The van der Waals surface area contributed by atoms with Crippen molar-refractivity contribution in [1.82, 2.24) is 0 Å². The summed E-state index contributed by atoms with van der Waals surface area (Å²) < 4.78 is 18.2. The first-order valence-electron chi connectivity index (χ1n) is 6.04.